The number of aromatic nitrogens is 2. The molecular formula is C20H26N4O4. The highest BCUT2D eigenvalue weighted by Crippen LogP contribution is 2.29. The number of rotatable bonds is 7. The van der Waals surface area contributed by atoms with Crippen molar-refractivity contribution in [3.05, 3.63) is 35.5 Å². The van der Waals surface area contributed by atoms with Gasteiger partial charge in [0.05, 0.1) is 19.2 Å². The lowest BCUT2D eigenvalue weighted by Gasteiger charge is -2.31. The summed E-state index contributed by atoms with van der Waals surface area (Å²) < 4.78 is 17.0. The van der Waals surface area contributed by atoms with Crippen molar-refractivity contribution < 1.29 is 18.7 Å². The number of aryl methyl sites for hydroxylation is 1. The third-order valence-electron chi connectivity index (χ3n) is 5.10. The maximum absolute atomic E-state index is 12.6. The molecular weight excluding hydrogens is 360 g/mol. The van der Waals surface area contributed by atoms with Crippen LogP contribution in [-0.4, -0.2) is 53.3 Å². The van der Waals surface area contributed by atoms with Gasteiger partial charge in [0.15, 0.2) is 0 Å². The molecule has 1 saturated carbocycles. The summed E-state index contributed by atoms with van der Waals surface area (Å²) in [5.41, 5.74) is 0.566. The minimum atomic E-state index is -0.0793. The fourth-order valence-corrected chi connectivity index (χ4v) is 3.36. The van der Waals surface area contributed by atoms with Gasteiger partial charge in [-0.25, -0.2) is 0 Å². The monoisotopic (exact) mass is 386 g/mol. The van der Waals surface area contributed by atoms with Gasteiger partial charge >= 0.3 is 0 Å². The number of hydrogen-bond donors (Lipinski definition) is 1. The summed E-state index contributed by atoms with van der Waals surface area (Å²) in [4.78, 5) is 14.8. The number of piperidine rings is 1. The van der Waals surface area contributed by atoms with E-state index >= 15 is 0 Å². The van der Waals surface area contributed by atoms with E-state index in [4.69, 9.17) is 13.9 Å². The maximum Gasteiger partial charge on any atom is 0.255 e. The fraction of sp³-hybridized carbons (Fsp3) is 0.550. The molecule has 0 unspecified atom stereocenters. The molecule has 1 amide bonds. The molecule has 2 heterocycles. The zero-order valence-corrected chi connectivity index (χ0v) is 16.3. The molecule has 1 saturated heterocycles. The van der Waals surface area contributed by atoms with Gasteiger partial charge in [0.2, 0.25) is 11.8 Å². The minimum absolute atomic E-state index is 0.0558. The average molecular weight is 386 g/mol. The van der Waals surface area contributed by atoms with Crippen molar-refractivity contribution >= 4 is 5.91 Å². The average Bonchev–Trinajstić information content (AvgIpc) is 3.42. The van der Waals surface area contributed by atoms with E-state index in [0.717, 1.165) is 38.8 Å². The van der Waals surface area contributed by atoms with Crippen LogP contribution >= 0.6 is 0 Å². The number of ether oxygens (including phenoxy) is 2. The first-order valence-corrected chi connectivity index (χ1v) is 9.77. The van der Waals surface area contributed by atoms with Crippen molar-refractivity contribution in [3.63, 3.8) is 0 Å². The third kappa shape index (κ3) is 4.62. The highest BCUT2D eigenvalue weighted by atomic mass is 16.5. The second-order valence-electron chi connectivity index (χ2n) is 7.42. The molecule has 2 fully saturated rings. The van der Waals surface area contributed by atoms with Gasteiger partial charge in [0.25, 0.3) is 5.91 Å². The Morgan fingerprint density at radius 3 is 2.68 bits per heavy atom. The highest BCUT2D eigenvalue weighted by Gasteiger charge is 2.27. The Hall–Kier alpha value is -2.61. The van der Waals surface area contributed by atoms with E-state index in [2.05, 4.69) is 20.4 Å². The van der Waals surface area contributed by atoms with Crippen LogP contribution in [0.3, 0.4) is 0 Å². The quantitative estimate of drug-likeness (QED) is 0.781. The number of hydrogen-bond acceptors (Lipinski definition) is 7. The molecule has 1 aromatic heterocycles. The van der Waals surface area contributed by atoms with Gasteiger partial charge in [-0.2, -0.15) is 0 Å². The fourth-order valence-electron chi connectivity index (χ4n) is 3.36. The lowest BCUT2D eigenvalue weighted by molar-refractivity contribution is 0.0863. The molecule has 4 rings (SSSR count). The predicted octanol–water partition coefficient (Wildman–Crippen LogP) is 2.32. The summed E-state index contributed by atoms with van der Waals surface area (Å²) in [5, 5.41) is 11.0. The van der Waals surface area contributed by atoms with Gasteiger partial charge < -0.3 is 19.2 Å². The lowest BCUT2D eigenvalue weighted by atomic mass is 10.1. The van der Waals surface area contributed by atoms with Crippen molar-refractivity contribution in [2.45, 2.75) is 51.3 Å². The number of carbonyl (C=O) groups excluding carboxylic acids is 1. The Kier molecular flexibility index (Phi) is 5.47. The molecule has 1 aliphatic carbocycles. The van der Waals surface area contributed by atoms with Gasteiger partial charge in [-0.1, -0.05) is 0 Å². The number of carbonyl (C=O) groups is 1. The van der Waals surface area contributed by atoms with E-state index in [1.165, 1.54) is 0 Å². The lowest BCUT2D eigenvalue weighted by Crippen LogP contribution is -2.38. The van der Waals surface area contributed by atoms with Crippen LogP contribution in [0.1, 0.15) is 47.8 Å². The van der Waals surface area contributed by atoms with Gasteiger partial charge in [-0.15, -0.1) is 10.2 Å². The standard InChI is InChI=1S/C20H26N4O4/c1-13-22-23-19(27-13)12-24-9-7-15(8-10-24)28-18-11-16(26-2)5-6-17(18)20(25)21-14-3-4-14/h5-6,11,14-15H,3-4,7-10,12H2,1-2H3,(H,21,25). The number of amides is 1. The second-order valence-corrected chi connectivity index (χ2v) is 7.42. The Morgan fingerprint density at radius 1 is 1.25 bits per heavy atom. The van der Waals surface area contributed by atoms with E-state index in [1.54, 1.807) is 32.2 Å². The van der Waals surface area contributed by atoms with Crippen LogP contribution in [0.25, 0.3) is 0 Å². The zero-order chi connectivity index (χ0) is 19.5. The van der Waals surface area contributed by atoms with Gasteiger partial charge in [0, 0.05) is 32.1 Å². The molecule has 1 N–H and O–H groups in total. The maximum atomic E-state index is 12.6. The molecule has 8 nitrogen and oxygen atoms in total. The minimum Gasteiger partial charge on any atom is -0.497 e. The van der Waals surface area contributed by atoms with Crippen molar-refractivity contribution in [2.75, 3.05) is 20.2 Å². The molecule has 8 heteroatoms. The van der Waals surface area contributed by atoms with Crippen LogP contribution in [0.5, 0.6) is 11.5 Å². The molecule has 1 aliphatic heterocycles. The van der Waals surface area contributed by atoms with Crippen LogP contribution < -0.4 is 14.8 Å². The van der Waals surface area contributed by atoms with Crippen molar-refractivity contribution in [3.8, 4) is 11.5 Å². The Balaban J connectivity index is 1.37. The summed E-state index contributed by atoms with van der Waals surface area (Å²) >= 11 is 0. The topological polar surface area (TPSA) is 89.7 Å². The molecule has 28 heavy (non-hydrogen) atoms. The Morgan fingerprint density at radius 2 is 2.04 bits per heavy atom. The van der Waals surface area contributed by atoms with E-state index in [1.807, 2.05) is 0 Å². The van der Waals surface area contributed by atoms with Gasteiger partial charge in [-0.05, 0) is 37.8 Å². The first kappa shape index (κ1) is 18.7. The zero-order valence-electron chi connectivity index (χ0n) is 16.3. The highest BCUT2D eigenvalue weighted by molar-refractivity contribution is 5.97. The van der Waals surface area contributed by atoms with Crippen LogP contribution in [0.4, 0.5) is 0 Å². The van der Waals surface area contributed by atoms with Crippen LogP contribution in [0, 0.1) is 6.92 Å². The van der Waals surface area contributed by atoms with E-state index in [9.17, 15) is 4.79 Å². The molecule has 0 atom stereocenters. The number of nitrogens with one attached hydrogen (secondary N) is 1. The molecule has 0 radical (unpaired) electrons. The van der Waals surface area contributed by atoms with Crippen LogP contribution in [-0.2, 0) is 6.54 Å². The molecule has 150 valence electrons. The summed E-state index contributed by atoms with van der Waals surface area (Å²) in [5.74, 6) is 2.42. The molecule has 2 aliphatic rings. The van der Waals surface area contributed by atoms with Crippen molar-refractivity contribution in [2.24, 2.45) is 0 Å². The van der Waals surface area contributed by atoms with E-state index in [-0.39, 0.29) is 12.0 Å². The number of likely N-dealkylation sites (tertiary alicyclic amines) is 1. The van der Waals surface area contributed by atoms with E-state index in [0.29, 0.717) is 41.4 Å². The SMILES string of the molecule is COc1ccc(C(=O)NC2CC2)c(OC2CCN(Cc3nnc(C)o3)CC2)c1. The Bertz CT molecular complexity index is 825. The van der Waals surface area contributed by atoms with E-state index < -0.39 is 0 Å². The Labute approximate surface area is 164 Å². The number of nitrogens with zero attached hydrogens (tertiary/aromatic N) is 3. The molecule has 0 spiro atoms. The molecule has 0 bridgehead atoms. The summed E-state index contributed by atoms with van der Waals surface area (Å²) in [6, 6.07) is 5.68. The number of benzene rings is 1. The summed E-state index contributed by atoms with van der Waals surface area (Å²) in [7, 11) is 1.61. The third-order valence-corrected chi connectivity index (χ3v) is 5.10. The first-order valence-electron chi connectivity index (χ1n) is 9.77. The van der Waals surface area contributed by atoms with Gasteiger partial charge in [-0.3, -0.25) is 9.69 Å². The smallest absolute Gasteiger partial charge is 0.255 e. The largest absolute Gasteiger partial charge is 0.497 e. The van der Waals surface area contributed by atoms with Crippen LogP contribution in [0.15, 0.2) is 22.6 Å². The summed E-state index contributed by atoms with van der Waals surface area (Å²) in [6.45, 7) is 4.20. The van der Waals surface area contributed by atoms with Crippen molar-refractivity contribution in [1.29, 1.82) is 0 Å². The predicted molar refractivity (Wildman–Crippen MR) is 101 cm³/mol. The van der Waals surface area contributed by atoms with Crippen LogP contribution in [0.2, 0.25) is 0 Å². The number of methoxy groups -OCH3 is 1. The van der Waals surface area contributed by atoms with Crippen molar-refractivity contribution in [1.82, 2.24) is 20.4 Å². The van der Waals surface area contributed by atoms with Gasteiger partial charge in [0.1, 0.15) is 17.6 Å². The second kappa shape index (κ2) is 8.18. The molecule has 2 aromatic rings. The normalized spacial score (nSPS) is 18.1. The summed E-state index contributed by atoms with van der Waals surface area (Å²) in [6.07, 6.45) is 3.90. The molecule has 1 aromatic carbocycles. The first-order chi connectivity index (χ1) is 13.6.